The van der Waals surface area contributed by atoms with Crippen LogP contribution in [0.3, 0.4) is 0 Å². The van der Waals surface area contributed by atoms with Gasteiger partial charge in [0.25, 0.3) is 5.91 Å². The van der Waals surface area contributed by atoms with Gasteiger partial charge in [-0.15, -0.1) is 0 Å². The fourth-order valence-electron chi connectivity index (χ4n) is 1.65. The third-order valence-corrected chi connectivity index (χ3v) is 3.93. The third-order valence-electron chi connectivity index (χ3n) is 3.01. The lowest BCUT2D eigenvalue weighted by atomic mass is 10.1. The number of hydrogen-bond donors (Lipinski definition) is 0. The monoisotopic (exact) mass is 317 g/mol. The summed E-state index contributed by atoms with van der Waals surface area (Å²) in [6, 6.07) is 1.31. The summed E-state index contributed by atoms with van der Waals surface area (Å²) in [5.41, 5.74) is -0.475. The number of carbonyl (C=O) groups is 1. The Labute approximate surface area is 126 Å². The number of aromatic nitrogens is 1. The number of pyridine rings is 1. The van der Waals surface area contributed by atoms with Crippen LogP contribution in [0.15, 0.2) is 12.3 Å². The summed E-state index contributed by atoms with van der Waals surface area (Å²) in [6.45, 7) is 1.91. The van der Waals surface area contributed by atoms with Crippen LogP contribution in [0.25, 0.3) is 0 Å². The molecule has 110 valence electrons. The Morgan fingerprint density at radius 2 is 2.30 bits per heavy atom. The molecule has 0 saturated heterocycles. The lowest BCUT2D eigenvalue weighted by molar-refractivity contribution is -0.385. The van der Waals surface area contributed by atoms with Crippen LogP contribution in [0.1, 0.15) is 23.7 Å². The summed E-state index contributed by atoms with van der Waals surface area (Å²) in [7, 11) is 1.63. The van der Waals surface area contributed by atoms with Crippen LogP contribution in [-0.4, -0.2) is 45.8 Å². The van der Waals surface area contributed by atoms with Gasteiger partial charge in [0, 0.05) is 19.3 Å². The number of hydrogen-bond acceptors (Lipinski definition) is 5. The predicted molar refractivity (Wildman–Crippen MR) is 80.5 cm³/mol. The van der Waals surface area contributed by atoms with Crippen LogP contribution in [-0.2, 0) is 0 Å². The maximum Gasteiger partial charge on any atom is 0.319 e. The summed E-state index contributed by atoms with van der Waals surface area (Å²) in [6.07, 6.45) is 4.10. The molecular formula is C12H16ClN3O3S. The second-order valence-corrected chi connectivity index (χ2v) is 5.65. The number of nitro groups is 1. The van der Waals surface area contributed by atoms with Gasteiger partial charge in [-0.3, -0.25) is 14.9 Å². The molecule has 1 aromatic rings. The molecular weight excluding hydrogens is 302 g/mol. The number of halogens is 1. The predicted octanol–water partition coefficient (Wildman–Crippen LogP) is 2.86. The van der Waals surface area contributed by atoms with Gasteiger partial charge in [0.2, 0.25) is 5.15 Å². The van der Waals surface area contributed by atoms with E-state index in [0.717, 1.165) is 12.2 Å². The smallest absolute Gasteiger partial charge is 0.319 e. The highest BCUT2D eigenvalue weighted by Crippen LogP contribution is 2.27. The zero-order chi connectivity index (χ0) is 15.3. The topological polar surface area (TPSA) is 76.3 Å². The average molecular weight is 318 g/mol. The number of rotatable bonds is 6. The molecule has 1 heterocycles. The highest BCUT2D eigenvalue weighted by atomic mass is 35.5. The number of carbonyl (C=O) groups excluding carboxylic acids is 1. The molecule has 1 atom stereocenters. The molecule has 0 radical (unpaired) electrons. The van der Waals surface area contributed by atoms with Crippen LogP contribution >= 0.6 is 23.4 Å². The van der Waals surface area contributed by atoms with Gasteiger partial charge in [0.15, 0.2) is 0 Å². The summed E-state index contributed by atoms with van der Waals surface area (Å²) in [4.78, 5) is 27.8. The lowest BCUT2D eigenvalue weighted by Gasteiger charge is -2.24. The number of nitrogens with zero attached hydrogens (tertiary/aromatic N) is 3. The van der Waals surface area contributed by atoms with Crippen LogP contribution < -0.4 is 0 Å². The zero-order valence-corrected chi connectivity index (χ0v) is 13.1. The highest BCUT2D eigenvalue weighted by Gasteiger charge is 2.28. The molecule has 1 amide bonds. The van der Waals surface area contributed by atoms with Crippen molar-refractivity contribution in [2.24, 2.45) is 0 Å². The van der Waals surface area contributed by atoms with Crippen molar-refractivity contribution in [3.8, 4) is 0 Å². The van der Waals surface area contributed by atoms with Gasteiger partial charge >= 0.3 is 5.69 Å². The van der Waals surface area contributed by atoms with E-state index in [1.807, 2.05) is 13.2 Å². The Kier molecular flexibility index (Phi) is 6.22. The van der Waals surface area contributed by atoms with Gasteiger partial charge in [0.1, 0.15) is 5.56 Å². The van der Waals surface area contributed by atoms with Crippen molar-refractivity contribution < 1.29 is 9.72 Å². The SMILES string of the molecule is CSCCC(C)N(C)C(=O)c1ccnc(Cl)c1[N+](=O)[O-]. The lowest BCUT2D eigenvalue weighted by Crippen LogP contribution is -2.35. The van der Waals surface area contributed by atoms with E-state index in [0.29, 0.717) is 0 Å². The maximum absolute atomic E-state index is 12.4. The van der Waals surface area contributed by atoms with Crippen molar-refractivity contribution in [3.05, 3.63) is 33.1 Å². The van der Waals surface area contributed by atoms with E-state index in [9.17, 15) is 14.9 Å². The first-order chi connectivity index (χ1) is 9.40. The summed E-state index contributed by atoms with van der Waals surface area (Å²) in [5, 5.41) is 10.7. The van der Waals surface area contributed by atoms with Crippen molar-refractivity contribution in [2.45, 2.75) is 19.4 Å². The minimum absolute atomic E-state index is 0.0125. The normalized spacial score (nSPS) is 12.0. The first kappa shape index (κ1) is 16.7. The van der Waals surface area contributed by atoms with Crippen molar-refractivity contribution in [1.29, 1.82) is 0 Å². The van der Waals surface area contributed by atoms with Gasteiger partial charge in [-0.25, -0.2) is 4.98 Å². The first-order valence-corrected chi connectivity index (χ1v) is 7.72. The van der Waals surface area contributed by atoms with Crippen LogP contribution in [0.5, 0.6) is 0 Å². The summed E-state index contributed by atoms with van der Waals surface area (Å²) >= 11 is 7.40. The third kappa shape index (κ3) is 3.83. The molecule has 0 fully saturated rings. The van der Waals surface area contributed by atoms with E-state index >= 15 is 0 Å². The van der Waals surface area contributed by atoms with Crippen molar-refractivity contribution >= 4 is 35.0 Å². The molecule has 6 nitrogen and oxygen atoms in total. The standard InChI is InChI=1S/C12H16ClN3O3S/c1-8(5-7-20-3)15(2)12(17)9-4-6-14-11(13)10(9)16(18)19/h4,6,8H,5,7H2,1-3H3. The van der Waals surface area contributed by atoms with Gasteiger partial charge in [-0.1, -0.05) is 11.6 Å². The molecule has 0 bridgehead atoms. The minimum Gasteiger partial charge on any atom is -0.339 e. The molecule has 0 aliphatic rings. The number of thioether (sulfide) groups is 1. The highest BCUT2D eigenvalue weighted by molar-refractivity contribution is 7.98. The summed E-state index contributed by atoms with van der Waals surface area (Å²) in [5.74, 6) is 0.493. The second-order valence-electron chi connectivity index (χ2n) is 4.30. The Morgan fingerprint density at radius 1 is 1.65 bits per heavy atom. The molecule has 1 aromatic heterocycles. The maximum atomic E-state index is 12.4. The minimum atomic E-state index is -0.678. The molecule has 1 unspecified atom stereocenters. The Hall–Kier alpha value is -1.34. The van der Waals surface area contributed by atoms with Gasteiger partial charge in [-0.05, 0) is 31.4 Å². The first-order valence-electron chi connectivity index (χ1n) is 5.95. The second kappa shape index (κ2) is 7.44. The van der Waals surface area contributed by atoms with E-state index in [2.05, 4.69) is 4.98 Å². The zero-order valence-electron chi connectivity index (χ0n) is 11.5. The molecule has 0 saturated carbocycles. The van der Waals surface area contributed by atoms with Crippen LogP contribution in [0.4, 0.5) is 5.69 Å². The van der Waals surface area contributed by atoms with Crippen LogP contribution in [0, 0.1) is 10.1 Å². The molecule has 0 aliphatic carbocycles. The van der Waals surface area contributed by atoms with Crippen molar-refractivity contribution in [3.63, 3.8) is 0 Å². The quantitative estimate of drug-likeness (QED) is 0.458. The number of amides is 1. The van der Waals surface area contributed by atoms with E-state index in [-0.39, 0.29) is 16.8 Å². The Balaban J connectivity index is 3.03. The van der Waals surface area contributed by atoms with Crippen molar-refractivity contribution in [2.75, 3.05) is 19.1 Å². The summed E-state index contributed by atoms with van der Waals surface area (Å²) < 4.78 is 0. The van der Waals surface area contributed by atoms with E-state index in [1.165, 1.54) is 17.2 Å². The molecule has 0 aromatic carbocycles. The largest absolute Gasteiger partial charge is 0.339 e. The van der Waals surface area contributed by atoms with E-state index < -0.39 is 16.5 Å². The fourth-order valence-corrected chi connectivity index (χ4v) is 2.45. The van der Waals surface area contributed by atoms with Gasteiger partial charge in [0.05, 0.1) is 4.92 Å². The van der Waals surface area contributed by atoms with Crippen LogP contribution in [0.2, 0.25) is 5.15 Å². The fraction of sp³-hybridized carbons (Fsp3) is 0.500. The van der Waals surface area contributed by atoms with E-state index in [1.54, 1.807) is 18.8 Å². The Morgan fingerprint density at radius 3 is 2.85 bits per heavy atom. The molecule has 0 aliphatic heterocycles. The Bertz CT molecular complexity index is 513. The van der Waals surface area contributed by atoms with E-state index in [4.69, 9.17) is 11.6 Å². The molecule has 8 heteroatoms. The average Bonchev–Trinajstić information content (AvgIpc) is 2.42. The molecule has 0 N–H and O–H groups in total. The van der Waals surface area contributed by atoms with Crippen molar-refractivity contribution in [1.82, 2.24) is 9.88 Å². The molecule has 0 spiro atoms. The van der Waals surface area contributed by atoms with Gasteiger partial charge < -0.3 is 4.90 Å². The van der Waals surface area contributed by atoms with Gasteiger partial charge in [-0.2, -0.15) is 11.8 Å². The molecule has 20 heavy (non-hydrogen) atoms. The molecule has 1 rings (SSSR count).